The Labute approximate surface area is 139 Å². The van der Waals surface area contributed by atoms with Gasteiger partial charge in [0.25, 0.3) is 0 Å². The molecule has 0 fully saturated rings. The van der Waals surface area contributed by atoms with Crippen LogP contribution in [0.2, 0.25) is 0 Å². The number of nitrogens with one attached hydrogen (secondary N) is 2. The van der Waals surface area contributed by atoms with Crippen molar-refractivity contribution >= 4 is 6.03 Å². The van der Waals surface area contributed by atoms with Gasteiger partial charge in [0, 0.05) is 31.0 Å². The molecule has 2 N–H and O–H groups in total. The first kappa shape index (κ1) is 16.0. The van der Waals surface area contributed by atoms with Crippen molar-refractivity contribution in [2.45, 2.75) is 19.5 Å². The number of carbonyl (C=O) groups excluding carboxylic acids is 1. The van der Waals surface area contributed by atoms with E-state index in [4.69, 9.17) is 14.2 Å². The molecule has 2 heterocycles. The highest BCUT2D eigenvalue weighted by atomic mass is 16.7. The lowest BCUT2D eigenvalue weighted by molar-refractivity contribution is 0.173. The van der Waals surface area contributed by atoms with Gasteiger partial charge in [-0.25, -0.2) is 9.78 Å². The van der Waals surface area contributed by atoms with Crippen molar-refractivity contribution in [2.24, 2.45) is 0 Å². The van der Waals surface area contributed by atoms with E-state index in [1.165, 1.54) is 0 Å². The zero-order valence-electron chi connectivity index (χ0n) is 13.4. The summed E-state index contributed by atoms with van der Waals surface area (Å²) < 4.78 is 18.0. The molecule has 2 aromatic rings. The van der Waals surface area contributed by atoms with Crippen LogP contribution < -0.4 is 24.8 Å². The van der Waals surface area contributed by atoms with Crippen LogP contribution in [-0.2, 0) is 6.54 Å². The second kappa shape index (κ2) is 7.58. The summed E-state index contributed by atoms with van der Waals surface area (Å²) in [5.41, 5.74) is 0. The Kier molecular flexibility index (Phi) is 5.05. The number of benzene rings is 1. The van der Waals surface area contributed by atoms with E-state index in [0.29, 0.717) is 36.9 Å². The predicted octanol–water partition coefficient (Wildman–Crippen LogP) is 1.38. The normalized spacial score (nSPS) is 13.4. The summed E-state index contributed by atoms with van der Waals surface area (Å²) in [6.07, 6.45) is 5.28. The minimum Gasteiger partial charge on any atom is -0.492 e. The average molecular weight is 332 g/mol. The maximum atomic E-state index is 11.8. The number of hydrogen-bond acceptors (Lipinski definition) is 5. The number of hydrogen-bond donors (Lipinski definition) is 2. The van der Waals surface area contributed by atoms with Gasteiger partial charge < -0.3 is 29.4 Å². The molecule has 0 unspecified atom stereocenters. The van der Waals surface area contributed by atoms with Crippen LogP contribution in [-0.4, -0.2) is 41.6 Å². The smallest absolute Gasteiger partial charge is 0.315 e. The second-order valence-corrected chi connectivity index (χ2v) is 5.42. The fourth-order valence-corrected chi connectivity index (χ4v) is 2.33. The van der Waals surface area contributed by atoms with Gasteiger partial charge >= 0.3 is 6.03 Å². The molecule has 3 rings (SSSR count). The van der Waals surface area contributed by atoms with Crippen LogP contribution in [0.15, 0.2) is 36.9 Å². The lowest BCUT2D eigenvalue weighted by atomic mass is 10.3. The molecule has 0 spiro atoms. The van der Waals surface area contributed by atoms with Crippen molar-refractivity contribution in [1.82, 2.24) is 20.2 Å². The molecule has 0 saturated heterocycles. The van der Waals surface area contributed by atoms with E-state index >= 15 is 0 Å². The van der Waals surface area contributed by atoms with Gasteiger partial charge in [-0.1, -0.05) is 0 Å². The van der Waals surface area contributed by atoms with Gasteiger partial charge in [-0.15, -0.1) is 0 Å². The summed E-state index contributed by atoms with van der Waals surface area (Å²) in [5.74, 6) is 2.06. The molecule has 1 aliphatic heterocycles. The fourth-order valence-electron chi connectivity index (χ4n) is 2.33. The average Bonchev–Trinajstić information content (AvgIpc) is 3.22. The molecule has 0 aliphatic carbocycles. The summed E-state index contributed by atoms with van der Waals surface area (Å²) in [6, 6.07) is 5.15. The Hall–Kier alpha value is -2.90. The molecular formula is C16H20N4O4. The molecule has 128 valence electrons. The van der Waals surface area contributed by atoms with Gasteiger partial charge in [0.2, 0.25) is 6.79 Å². The number of amides is 2. The molecule has 8 nitrogen and oxygen atoms in total. The van der Waals surface area contributed by atoms with Gasteiger partial charge in [-0.3, -0.25) is 0 Å². The quantitative estimate of drug-likeness (QED) is 0.748. The predicted molar refractivity (Wildman–Crippen MR) is 86.3 cm³/mol. The van der Waals surface area contributed by atoms with E-state index in [-0.39, 0.29) is 18.9 Å². The van der Waals surface area contributed by atoms with Gasteiger partial charge in [0.05, 0.1) is 12.9 Å². The number of imidazole rings is 1. The summed E-state index contributed by atoms with van der Waals surface area (Å²) in [7, 11) is 0. The minimum atomic E-state index is -0.225. The summed E-state index contributed by atoms with van der Waals surface area (Å²) in [6.45, 7) is 3.60. The molecule has 2 amide bonds. The number of ether oxygens (including phenoxy) is 3. The number of carbonyl (C=O) groups is 1. The van der Waals surface area contributed by atoms with Crippen molar-refractivity contribution in [3.8, 4) is 17.2 Å². The Morgan fingerprint density at radius 2 is 2.29 bits per heavy atom. The number of rotatable bonds is 7. The van der Waals surface area contributed by atoms with Gasteiger partial charge in [0.15, 0.2) is 11.5 Å². The summed E-state index contributed by atoms with van der Waals surface area (Å²) >= 11 is 0. The molecule has 0 bridgehead atoms. The molecule has 0 saturated carbocycles. The highest BCUT2D eigenvalue weighted by Gasteiger charge is 2.13. The summed E-state index contributed by atoms with van der Waals surface area (Å²) in [5, 5.41) is 5.62. The van der Waals surface area contributed by atoms with Crippen molar-refractivity contribution in [2.75, 3.05) is 19.9 Å². The standard InChI is InChI=1S/C16H20N4O4/c1-12(9-20-6-4-17-10-20)19-16(21)18-5-7-22-13-2-3-14-15(8-13)24-11-23-14/h2-4,6,8,10,12H,5,7,9,11H2,1H3,(H2,18,19,21)/t12-/m1/s1. The van der Waals surface area contributed by atoms with Crippen LogP contribution >= 0.6 is 0 Å². The summed E-state index contributed by atoms with van der Waals surface area (Å²) in [4.78, 5) is 15.8. The largest absolute Gasteiger partial charge is 0.492 e. The van der Waals surface area contributed by atoms with Crippen molar-refractivity contribution in [3.05, 3.63) is 36.9 Å². The van der Waals surface area contributed by atoms with Crippen molar-refractivity contribution < 1.29 is 19.0 Å². The lowest BCUT2D eigenvalue weighted by Crippen LogP contribution is -2.43. The van der Waals surface area contributed by atoms with Gasteiger partial charge in [-0.2, -0.15) is 0 Å². The molecule has 1 aromatic heterocycles. The van der Waals surface area contributed by atoms with E-state index in [9.17, 15) is 4.79 Å². The lowest BCUT2D eigenvalue weighted by Gasteiger charge is -2.15. The highest BCUT2D eigenvalue weighted by Crippen LogP contribution is 2.34. The molecule has 24 heavy (non-hydrogen) atoms. The SMILES string of the molecule is C[C@H](Cn1ccnc1)NC(=O)NCCOc1ccc2c(c1)OCO2. The molecule has 1 atom stereocenters. The third-order valence-electron chi connectivity index (χ3n) is 3.42. The first-order valence-electron chi connectivity index (χ1n) is 7.73. The van der Waals surface area contributed by atoms with E-state index < -0.39 is 0 Å². The molecule has 8 heteroatoms. The molecule has 0 radical (unpaired) electrons. The molecule has 1 aliphatic rings. The Morgan fingerprint density at radius 1 is 1.42 bits per heavy atom. The molecular weight excluding hydrogens is 312 g/mol. The van der Waals surface area contributed by atoms with Gasteiger partial charge in [-0.05, 0) is 19.1 Å². The van der Waals surface area contributed by atoms with Crippen LogP contribution in [0.1, 0.15) is 6.92 Å². The third-order valence-corrected chi connectivity index (χ3v) is 3.42. The minimum absolute atomic E-state index is 0.00558. The Morgan fingerprint density at radius 3 is 3.12 bits per heavy atom. The monoisotopic (exact) mass is 332 g/mol. The highest BCUT2D eigenvalue weighted by molar-refractivity contribution is 5.74. The third kappa shape index (κ3) is 4.31. The second-order valence-electron chi connectivity index (χ2n) is 5.42. The zero-order valence-corrected chi connectivity index (χ0v) is 13.4. The first-order chi connectivity index (χ1) is 11.7. The van der Waals surface area contributed by atoms with Crippen LogP contribution in [0.3, 0.4) is 0 Å². The number of fused-ring (bicyclic) bond motifs is 1. The van der Waals surface area contributed by atoms with Gasteiger partial charge in [0.1, 0.15) is 12.4 Å². The van der Waals surface area contributed by atoms with Crippen LogP contribution in [0.4, 0.5) is 4.79 Å². The van der Waals surface area contributed by atoms with Crippen LogP contribution in [0.5, 0.6) is 17.2 Å². The maximum Gasteiger partial charge on any atom is 0.315 e. The van der Waals surface area contributed by atoms with E-state index in [2.05, 4.69) is 15.6 Å². The topological polar surface area (TPSA) is 86.6 Å². The van der Waals surface area contributed by atoms with Crippen LogP contribution in [0.25, 0.3) is 0 Å². The number of urea groups is 1. The van der Waals surface area contributed by atoms with Crippen LogP contribution in [0, 0.1) is 0 Å². The van der Waals surface area contributed by atoms with E-state index in [0.717, 1.165) is 0 Å². The number of aromatic nitrogens is 2. The van der Waals surface area contributed by atoms with Crippen molar-refractivity contribution in [1.29, 1.82) is 0 Å². The van der Waals surface area contributed by atoms with E-state index in [1.54, 1.807) is 30.7 Å². The fraction of sp³-hybridized carbons (Fsp3) is 0.375. The van der Waals surface area contributed by atoms with E-state index in [1.807, 2.05) is 17.7 Å². The maximum absolute atomic E-state index is 11.8. The van der Waals surface area contributed by atoms with Crippen molar-refractivity contribution in [3.63, 3.8) is 0 Å². The number of nitrogens with zero attached hydrogens (tertiary/aromatic N) is 2. The zero-order chi connectivity index (χ0) is 16.8. The molecule has 1 aromatic carbocycles. The first-order valence-corrected chi connectivity index (χ1v) is 7.73. The Balaban J connectivity index is 1.33. The Bertz CT molecular complexity index is 675.